The largest absolute Gasteiger partial charge is 0.483 e. The maximum Gasteiger partial charge on any atom is 0.422 e. The van der Waals surface area contributed by atoms with E-state index in [1.807, 2.05) is 24.9 Å². The first-order chi connectivity index (χ1) is 12.6. The van der Waals surface area contributed by atoms with Crippen molar-refractivity contribution in [3.8, 4) is 5.75 Å². The average Bonchev–Trinajstić information content (AvgIpc) is 2.60. The van der Waals surface area contributed by atoms with Crippen LogP contribution in [0, 0.1) is 0 Å². The fraction of sp³-hybridized carbons (Fsp3) is 0.316. The summed E-state index contributed by atoms with van der Waals surface area (Å²) in [5.74, 6) is -0.00292. The Balaban J connectivity index is 2.14. The van der Waals surface area contributed by atoms with Crippen molar-refractivity contribution < 1.29 is 17.9 Å². The fourth-order valence-corrected chi connectivity index (χ4v) is 2.99. The lowest BCUT2D eigenvalue weighted by atomic mass is 10.1. The summed E-state index contributed by atoms with van der Waals surface area (Å²) in [6.07, 6.45) is -1.09. The van der Waals surface area contributed by atoms with Gasteiger partial charge in [0.1, 0.15) is 10.9 Å². The number of nitrogens with zero attached hydrogens (tertiary/aromatic N) is 2. The summed E-state index contributed by atoms with van der Waals surface area (Å²) < 4.78 is 41.6. The Bertz CT molecular complexity index is 812. The van der Waals surface area contributed by atoms with Gasteiger partial charge in [0.05, 0.1) is 5.02 Å². The SMILES string of the molecule is C=Cc1ccnc(Cl)c1CN(C)C(C)c1ccc(OCC(F)(F)F)c(Cl)c1. The van der Waals surface area contributed by atoms with E-state index in [2.05, 4.69) is 11.6 Å². The lowest BCUT2D eigenvalue weighted by Gasteiger charge is -2.26. The number of benzene rings is 1. The highest BCUT2D eigenvalue weighted by molar-refractivity contribution is 6.32. The minimum Gasteiger partial charge on any atom is -0.483 e. The lowest BCUT2D eigenvalue weighted by Crippen LogP contribution is -2.23. The quantitative estimate of drug-likeness (QED) is 0.503. The summed E-state index contributed by atoms with van der Waals surface area (Å²) in [5.41, 5.74) is 2.57. The van der Waals surface area contributed by atoms with E-state index in [1.54, 1.807) is 24.4 Å². The van der Waals surface area contributed by atoms with E-state index < -0.39 is 12.8 Å². The van der Waals surface area contributed by atoms with Crippen LogP contribution in [0.15, 0.2) is 37.0 Å². The molecule has 0 aliphatic carbocycles. The Kier molecular flexibility index (Phi) is 7.14. The second-order valence-corrected chi connectivity index (χ2v) is 6.82. The monoisotopic (exact) mass is 418 g/mol. The molecule has 0 spiro atoms. The molecule has 0 radical (unpaired) electrons. The van der Waals surface area contributed by atoms with Gasteiger partial charge in [-0.2, -0.15) is 13.2 Å². The van der Waals surface area contributed by atoms with Crippen LogP contribution in [-0.2, 0) is 6.54 Å². The van der Waals surface area contributed by atoms with Gasteiger partial charge in [-0.1, -0.05) is 41.9 Å². The Morgan fingerprint density at radius 3 is 2.59 bits per heavy atom. The average molecular weight is 419 g/mol. The molecule has 0 bridgehead atoms. The third-order valence-corrected chi connectivity index (χ3v) is 4.78. The zero-order valence-electron chi connectivity index (χ0n) is 14.9. The highest BCUT2D eigenvalue weighted by atomic mass is 35.5. The molecule has 1 heterocycles. The van der Waals surface area contributed by atoms with Crippen molar-refractivity contribution in [2.24, 2.45) is 0 Å². The van der Waals surface area contributed by atoms with Crippen LogP contribution in [0.1, 0.15) is 29.7 Å². The zero-order chi connectivity index (χ0) is 20.2. The summed E-state index contributed by atoms with van der Waals surface area (Å²) in [6, 6.07) is 6.50. The molecule has 1 atom stereocenters. The molecule has 0 saturated heterocycles. The molecule has 0 fully saturated rings. The van der Waals surface area contributed by atoms with E-state index in [0.717, 1.165) is 16.7 Å². The first kappa shape index (κ1) is 21.5. The van der Waals surface area contributed by atoms with Gasteiger partial charge in [0, 0.05) is 24.3 Å². The van der Waals surface area contributed by atoms with Crippen molar-refractivity contribution in [2.45, 2.75) is 25.7 Å². The summed E-state index contributed by atoms with van der Waals surface area (Å²) in [4.78, 5) is 6.13. The third kappa shape index (κ3) is 5.86. The maximum absolute atomic E-state index is 12.3. The van der Waals surface area contributed by atoms with E-state index in [4.69, 9.17) is 27.9 Å². The lowest BCUT2D eigenvalue weighted by molar-refractivity contribution is -0.153. The number of ether oxygens (including phenoxy) is 1. The van der Waals surface area contributed by atoms with Crippen molar-refractivity contribution in [3.05, 3.63) is 63.9 Å². The number of rotatable bonds is 7. The molecule has 0 amide bonds. The molecule has 0 N–H and O–H groups in total. The highest BCUT2D eigenvalue weighted by Crippen LogP contribution is 2.32. The molecule has 146 valence electrons. The van der Waals surface area contributed by atoms with Crippen molar-refractivity contribution in [3.63, 3.8) is 0 Å². The Hall–Kier alpha value is -1.76. The molecular weight excluding hydrogens is 400 g/mol. The van der Waals surface area contributed by atoms with Gasteiger partial charge in [0.15, 0.2) is 6.61 Å². The first-order valence-electron chi connectivity index (χ1n) is 8.07. The van der Waals surface area contributed by atoms with E-state index in [0.29, 0.717) is 11.7 Å². The molecular formula is C19H19Cl2F3N2O. The van der Waals surface area contributed by atoms with E-state index >= 15 is 0 Å². The summed E-state index contributed by atoms with van der Waals surface area (Å²) in [7, 11) is 1.91. The molecule has 1 aromatic carbocycles. The second-order valence-electron chi connectivity index (χ2n) is 6.06. The fourth-order valence-electron chi connectivity index (χ4n) is 2.52. The van der Waals surface area contributed by atoms with Crippen molar-refractivity contribution >= 4 is 29.3 Å². The molecule has 0 aliphatic rings. The zero-order valence-corrected chi connectivity index (χ0v) is 16.4. The van der Waals surface area contributed by atoms with Crippen LogP contribution >= 0.6 is 23.2 Å². The minimum absolute atomic E-state index is 0.00292. The van der Waals surface area contributed by atoms with Gasteiger partial charge < -0.3 is 4.74 Å². The second kappa shape index (κ2) is 8.95. The number of halogens is 5. The van der Waals surface area contributed by atoms with Crippen molar-refractivity contribution in [1.29, 1.82) is 0 Å². The molecule has 1 aromatic heterocycles. The summed E-state index contributed by atoms with van der Waals surface area (Å²) in [6.45, 7) is 4.87. The predicted molar refractivity (Wildman–Crippen MR) is 102 cm³/mol. The van der Waals surface area contributed by atoms with Crippen LogP contribution in [0.3, 0.4) is 0 Å². The molecule has 27 heavy (non-hydrogen) atoms. The number of alkyl halides is 3. The summed E-state index contributed by atoms with van der Waals surface area (Å²) >= 11 is 12.3. The van der Waals surface area contributed by atoms with Crippen LogP contribution in [0.25, 0.3) is 6.08 Å². The standard InChI is InChI=1S/C19H19Cl2F3N2O/c1-4-13-7-8-25-18(21)15(13)10-26(3)12(2)14-5-6-17(16(20)9-14)27-11-19(22,23)24/h4-9,12H,1,10-11H2,2-3H3. The van der Waals surface area contributed by atoms with Crippen LogP contribution in [0.2, 0.25) is 10.2 Å². The molecule has 1 unspecified atom stereocenters. The van der Waals surface area contributed by atoms with E-state index in [9.17, 15) is 13.2 Å². The van der Waals surface area contributed by atoms with Gasteiger partial charge in [-0.05, 0) is 43.3 Å². The van der Waals surface area contributed by atoms with Gasteiger partial charge >= 0.3 is 6.18 Å². The Labute approximate surface area is 166 Å². The normalized spacial score (nSPS) is 12.9. The maximum atomic E-state index is 12.3. The number of aromatic nitrogens is 1. The molecule has 0 aliphatic heterocycles. The number of hydrogen-bond donors (Lipinski definition) is 0. The van der Waals surface area contributed by atoms with Gasteiger partial charge in [0.2, 0.25) is 0 Å². The topological polar surface area (TPSA) is 25.4 Å². The number of pyridine rings is 1. The molecule has 3 nitrogen and oxygen atoms in total. The van der Waals surface area contributed by atoms with Crippen LogP contribution in [0.4, 0.5) is 13.2 Å². The van der Waals surface area contributed by atoms with Crippen LogP contribution in [-0.4, -0.2) is 29.7 Å². The Morgan fingerprint density at radius 1 is 1.30 bits per heavy atom. The van der Waals surface area contributed by atoms with Gasteiger partial charge in [0.25, 0.3) is 0 Å². The van der Waals surface area contributed by atoms with E-state index in [1.165, 1.54) is 6.07 Å². The molecule has 2 aromatic rings. The molecule has 2 rings (SSSR count). The van der Waals surface area contributed by atoms with Gasteiger partial charge in [-0.3, -0.25) is 4.90 Å². The van der Waals surface area contributed by atoms with Gasteiger partial charge in [-0.25, -0.2) is 4.98 Å². The van der Waals surface area contributed by atoms with Crippen LogP contribution < -0.4 is 4.74 Å². The first-order valence-corrected chi connectivity index (χ1v) is 8.83. The van der Waals surface area contributed by atoms with E-state index in [-0.39, 0.29) is 16.8 Å². The van der Waals surface area contributed by atoms with Crippen molar-refractivity contribution in [1.82, 2.24) is 9.88 Å². The molecule has 0 saturated carbocycles. The van der Waals surface area contributed by atoms with Gasteiger partial charge in [-0.15, -0.1) is 0 Å². The minimum atomic E-state index is -4.42. The number of hydrogen-bond acceptors (Lipinski definition) is 3. The Morgan fingerprint density at radius 2 is 2.00 bits per heavy atom. The third-order valence-electron chi connectivity index (χ3n) is 4.16. The smallest absolute Gasteiger partial charge is 0.422 e. The highest BCUT2D eigenvalue weighted by Gasteiger charge is 2.29. The summed E-state index contributed by atoms with van der Waals surface area (Å²) in [5, 5.41) is 0.531. The van der Waals surface area contributed by atoms with Crippen LogP contribution in [0.5, 0.6) is 5.75 Å². The molecule has 8 heteroatoms. The van der Waals surface area contributed by atoms with Crippen molar-refractivity contribution in [2.75, 3.05) is 13.7 Å². The predicted octanol–water partition coefficient (Wildman–Crippen LogP) is 6.17.